The van der Waals surface area contributed by atoms with Gasteiger partial charge in [0.05, 0.1) is 0 Å². The van der Waals surface area contributed by atoms with Gasteiger partial charge in [0.1, 0.15) is 11.4 Å². The highest BCUT2D eigenvalue weighted by atomic mass is 16.7. The summed E-state index contributed by atoms with van der Waals surface area (Å²) in [6.45, 7) is 2.60. The van der Waals surface area contributed by atoms with Crippen molar-refractivity contribution in [2.45, 2.75) is 6.92 Å². The molecule has 0 saturated carbocycles. The number of benzene rings is 2. The predicted molar refractivity (Wildman–Crippen MR) is 94.4 cm³/mol. The van der Waals surface area contributed by atoms with Crippen molar-refractivity contribution < 1.29 is 9.47 Å². The van der Waals surface area contributed by atoms with Crippen LogP contribution in [0, 0.1) is 12.3 Å². The van der Waals surface area contributed by atoms with Crippen molar-refractivity contribution in [2.24, 2.45) is 0 Å². The van der Waals surface area contributed by atoms with Gasteiger partial charge in [-0.25, -0.2) is 0 Å². The summed E-state index contributed by atoms with van der Waals surface area (Å²) in [5.74, 6) is 3.60. The van der Waals surface area contributed by atoms with Gasteiger partial charge >= 0.3 is 0 Å². The molecule has 0 spiro atoms. The molecule has 0 saturated heterocycles. The van der Waals surface area contributed by atoms with Crippen LogP contribution < -0.4 is 10.5 Å². The third-order valence-corrected chi connectivity index (χ3v) is 3.62. The van der Waals surface area contributed by atoms with Crippen LogP contribution in [-0.2, 0) is 4.74 Å². The van der Waals surface area contributed by atoms with E-state index in [9.17, 15) is 0 Å². The molecular formula is C19H17N3O2. The third kappa shape index (κ3) is 3.00. The molecule has 3 aromatic rings. The minimum Gasteiger partial charge on any atom is -0.467 e. The van der Waals surface area contributed by atoms with Crippen molar-refractivity contribution in [1.29, 1.82) is 0 Å². The molecule has 0 aliphatic rings. The molecule has 120 valence electrons. The largest absolute Gasteiger partial charge is 0.467 e. The number of aromatic nitrogens is 2. The standard InChI is InChI=1S/C19H17N3O2/c1-3-13-9-10-16(17(11-13)24-12-23-4-2)18-14-7-5-6-8-15(14)19(20)22-21-18/h1,5-11H,4,12H2,2H3,(H2,20,22). The lowest BCUT2D eigenvalue weighted by atomic mass is 10.0. The van der Waals surface area contributed by atoms with Gasteiger partial charge in [-0.2, -0.15) is 0 Å². The number of nitrogens with two attached hydrogens (primary N) is 1. The molecule has 24 heavy (non-hydrogen) atoms. The second kappa shape index (κ2) is 6.99. The Bertz CT molecular complexity index is 916. The number of hydrogen-bond donors (Lipinski definition) is 1. The Morgan fingerprint density at radius 3 is 2.67 bits per heavy atom. The van der Waals surface area contributed by atoms with Crippen molar-refractivity contribution in [2.75, 3.05) is 19.1 Å². The molecule has 0 aliphatic heterocycles. The Hall–Kier alpha value is -3.10. The van der Waals surface area contributed by atoms with Gasteiger partial charge in [-0.3, -0.25) is 0 Å². The van der Waals surface area contributed by atoms with Gasteiger partial charge in [0.15, 0.2) is 12.6 Å². The molecule has 0 aliphatic carbocycles. The molecular weight excluding hydrogens is 302 g/mol. The summed E-state index contributed by atoms with van der Waals surface area (Å²) in [6.07, 6.45) is 5.49. The van der Waals surface area contributed by atoms with Crippen LogP contribution in [0.15, 0.2) is 42.5 Å². The first-order chi connectivity index (χ1) is 11.7. The van der Waals surface area contributed by atoms with Crippen molar-refractivity contribution in [1.82, 2.24) is 10.2 Å². The Kier molecular flexibility index (Phi) is 4.59. The van der Waals surface area contributed by atoms with Crippen LogP contribution in [0.1, 0.15) is 12.5 Å². The fraction of sp³-hybridized carbons (Fsp3) is 0.158. The highest BCUT2D eigenvalue weighted by molar-refractivity contribution is 6.00. The van der Waals surface area contributed by atoms with E-state index in [0.717, 1.165) is 21.9 Å². The maximum absolute atomic E-state index is 5.93. The van der Waals surface area contributed by atoms with E-state index in [2.05, 4.69) is 16.1 Å². The Balaban J connectivity index is 2.15. The van der Waals surface area contributed by atoms with E-state index in [1.165, 1.54) is 0 Å². The number of anilines is 1. The van der Waals surface area contributed by atoms with Crippen LogP contribution in [0.4, 0.5) is 5.82 Å². The van der Waals surface area contributed by atoms with E-state index in [-0.39, 0.29) is 6.79 Å². The number of rotatable bonds is 5. The van der Waals surface area contributed by atoms with E-state index < -0.39 is 0 Å². The van der Waals surface area contributed by atoms with E-state index >= 15 is 0 Å². The van der Waals surface area contributed by atoms with Gasteiger partial charge in [0.2, 0.25) is 0 Å². The molecule has 1 heterocycles. The third-order valence-electron chi connectivity index (χ3n) is 3.62. The van der Waals surface area contributed by atoms with Crippen LogP contribution >= 0.6 is 0 Å². The molecule has 0 radical (unpaired) electrons. The van der Waals surface area contributed by atoms with Gasteiger partial charge < -0.3 is 15.2 Å². The molecule has 5 heteroatoms. The van der Waals surface area contributed by atoms with Gasteiger partial charge in [0.25, 0.3) is 0 Å². The lowest BCUT2D eigenvalue weighted by Crippen LogP contribution is -2.04. The first-order valence-electron chi connectivity index (χ1n) is 7.57. The lowest BCUT2D eigenvalue weighted by Gasteiger charge is -2.13. The van der Waals surface area contributed by atoms with Crippen molar-refractivity contribution in [3.8, 4) is 29.4 Å². The van der Waals surface area contributed by atoms with Gasteiger partial charge in [-0.1, -0.05) is 30.2 Å². The second-order valence-corrected chi connectivity index (χ2v) is 5.09. The van der Waals surface area contributed by atoms with Crippen LogP contribution in [0.25, 0.3) is 22.0 Å². The quantitative estimate of drug-likeness (QED) is 0.444. The van der Waals surface area contributed by atoms with Crippen molar-refractivity contribution >= 4 is 16.6 Å². The molecule has 0 fully saturated rings. The zero-order valence-electron chi connectivity index (χ0n) is 13.3. The number of nitrogen functional groups attached to an aromatic ring is 1. The topological polar surface area (TPSA) is 70.3 Å². The molecule has 2 N–H and O–H groups in total. The van der Waals surface area contributed by atoms with E-state index in [4.69, 9.17) is 21.6 Å². The number of terminal acetylenes is 1. The number of hydrogen-bond acceptors (Lipinski definition) is 5. The Morgan fingerprint density at radius 1 is 1.12 bits per heavy atom. The monoisotopic (exact) mass is 319 g/mol. The normalized spacial score (nSPS) is 10.5. The van der Waals surface area contributed by atoms with E-state index in [1.54, 1.807) is 6.07 Å². The fourth-order valence-electron chi connectivity index (χ4n) is 2.44. The van der Waals surface area contributed by atoms with Crippen molar-refractivity contribution in [3.05, 3.63) is 48.0 Å². The molecule has 5 nitrogen and oxygen atoms in total. The number of fused-ring (bicyclic) bond motifs is 1. The molecule has 3 rings (SSSR count). The zero-order chi connectivity index (χ0) is 16.9. The average molecular weight is 319 g/mol. The molecule has 1 aromatic heterocycles. The average Bonchev–Trinajstić information content (AvgIpc) is 2.63. The molecule has 0 bridgehead atoms. The van der Waals surface area contributed by atoms with Crippen LogP contribution in [0.5, 0.6) is 5.75 Å². The fourth-order valence-corrected chi connectivity index (χ4v) is 2.44. The van der Waals surface area contributed by atoms with Gasteiger partial charge in [0, 0.05) is 28.5 Å². The molecule has 0 amide bonds. The first-order valence-corrected chi connectivity index (χ1v) is 7.57. The van der Waals surface area contributed by atoms with Crippen molar-refractivity contribution in [3.63, 3.8) is 0 Å². The minimum atomic E-state index is 0.137. The summed E-state index contributed by atoms with van der Waals surface area (Å²) in [5.41, 5.74) is 8.13. The maximum atomic E-state index is 5.93. The zero-order valence-corrected chi connectivity index (χ0v) is 13.3. The second-order valence-electron chi connectivity index (χ2n) is 5.09. The summed E-state index contributed by atoms with van der Waals surface area (Å²) in [4.78, 5) is 0. The minimum absolute atomic E-state index is 0.137. The molecule has 0 atom stereocenters. The Morgan fingerprint density at radius 2 is 1.92 bits per heavy atom. The van der Waals surface area contributed by atoms with Gasteiger partial charge in [-0.15, -0.1) is 16.6 Å². The molecule has 2 aromatic carbocycles. The summed E-state index contributed by atoms with van der Waals surface area (Å²) >= 11 is 0. The highest BCUT2D eigenvalue weighted by Crippen LogP contribution is 2.35. The first kappa shape index (κ1) is 15.8. The summed E-state index contributed by atoms with van der Waals surface area (Å²) in [6, 6.07) is 13.2. The van der Waals surface area contributed by atoms with Crippen LogP contribution in [0.2, 0.25) is 0 Å². The van der Waals surface area contributed by atoms with E-state index in [0.29, 0.717) is 23.9 Å². The van der Waals surface area contributed by atoms with Gasteiger partial charge in [-0.05, 0) is 25.1 Å². The van der Waals surface area contributed by atoms with Crippen LogP contribution in [0.3, 0.4) is 0 Å². The lowest BCUT2D eigenvalue weighted by molar-refractivity contribution is 0.0227. The molecule has 0 unspecified atom stereocenters. The number of nitrogens with zero attached hydrogens (tertiary/aromatic N) is 2. The SMILES string of the molecule is C#Cc1ccc(-c2nnc(N)c3ccccc23)c(OCOCC)c1. The smallest absolute Gasteiger partial charge is 0.189 e. The van der Waals surface area contributed by atoms with Crippen LogP contribution in [-0.4, -0.2) is 23.6 Å². The number of ether oxygens (including phenoxy) is 2. The predicted octanol–water partition coefficient (Wildman–Crippen LogP) is 3.23. The summed E-state index contributed by atoms with van der Waals surface area (Å²) in [7, 11) is 0. The Labute approximate surface area is 140 Å². The van der Waals surface area contributed by atoms with E-state index in [1.807, 2.05) is 43.3 Å². The summed E-state index contributed by atoms with van der Waals surface area (Å²) in [5, 5.41) is 10.1. The highest BCUT2D eigenvalue weighted by Gasteiger charge is 2.14. The summed E-state index contributed by atoms with van der Waals surface area (Å²) < 4.78 is 11.0. The maximum Gasteiger partial charge on any atom is 0.189 e.